The first-order chi connectivity index (χ1) is 12.1. The second kappa shape index (κ2) is 9.83. The number of nitrogens with one attached hydrogen (secondary N) is 1. The zero-order valence-corrected chi connectivity index (χ0v) is 16.2. The normalized spacial score (nSPS) is 17.2. The number of hydrogen-bond acceptors (Lipinski definition) is 2. The summed E-state index contributed by atoms with van der Waals surface area (Å²) in [6, 6.07) is 8.23. The van der Waals surface area contributed by atoms with Crippen LogP contribution in [0.1, 0.15) is 31.2 Å². The minimum absolute atomic E-state index is 0.0288. The summed E-state index contributed by atoms with van der Waals surface area (Å²) in [4.78, 5) is 6.62. The number of benzene rings is 1. The molecule has 0 spiro atoms. The molecule has 1 heterocycles. The topological polar surface area (TPSA) is 36.9 Å². The number of halogens is 1. The van der Waals surface area contributed by atoms with E-state index >= 15 is 0 Å². The average Bonchev–Trinajstić information content (AvgIpc) is 2.63. The summed E-state index contributed by atoms with van der Waals surface area (Å²) in [6.45, 7) is 7.13. The molecule has 1 N–H and O–H groups in total. The largest absolute Gasteiger partial charge is 0.381 e. The average molecular weight is 364 g/mol. The predicted octanol–water partition coefficient (Wildman–Crippen LogP) is 3.86. The van der Waals surface area contributed by atoms with E-state index in [1.165, 1.54) is 5.56 Å². The predicted molar refractivity (Wildman–Crippen MR) is 107 cm³/mol. The molecule has 0 unspecified atom stereocenters. The lowest BCUT2D eigenvalue weighted by molar-refractivity contribution is 0.0512. The molecular formula is C20H30ClN3O. The Hall–Kier alpha value is -1.52. The van der Waals surface area contributed by atoms with Gasteiger partial charge in [-0.25, -0.2) is 0 Å². The maximum atomic E-state index is 6.25. The highest BCUT2D eigenvalue weighted by molar-refractivity contribution is 6.30. The van der Waals surface area contributed by atoms with Gasteiger partial charge in [-0.05, 0) is 43.4 Å². The molecule has 1 aliphatic heterocycles. The minimum Gasteiger partial charge on any atom is -0.381 e. The molecule has 0 amide bonds. The van der Waals surface area contributed by atoms with Gasteiger partial charge in [-0.15, -0.1) is 6.58 Å². The van der Waals surface area contributed by atoms with Crippen LogP contribution >= 0.6 is 11.6 Å². The molecule has 1 aromatic carbocycles. The van der Waals surface area contributed by atoms with Crippen molar-refractivity contribution in [3.63, 3.8) is 0 Å². The van der Waals surface area contributed by atoms with Crippen molar-refractivity contribution >= 4 is 17.6 Å². The summed E-state index contributed by atoms with van der Waals surface area (Å²) in [5.41, 5.74) is 1.31. The number of aliphatic imine (C=N–C) groups is 1. The number of guanidine groups is 1. The van der Waals surface area contributed by atoms with Gasteiger partial charge in [0.25, 0.3) is 0 Å². The molecule has 0 radical (unpaired) electrons. The molecule has 0 aromatic heterocycles. The zero-order chi connectivity index (χ0) is 18.1. The summed E-state index contributed by atoms with van der Waals surface area (Å²) in [5, 5.41) is 4.36. The van der Waals surface area contributed by atoms with E-state index in [-0.39, 0.29) is 5.41 Å². The van der Waals surface area contributed by atoms with Gasteiger partial charge in [-0.2, -0.15) is 0 Å². The van der Waals surface area contributed by atoms with Crippen LogP contribution in [0.5, 0.6) is 0 Å². The highest BCUT2D eigenvalue weighted by atomic mass is 35.5. The third-order valence-electron chi connectivity index (χ3n) is 4.95. The molecule has 1 fully saturated rings. The maximum Gasteiger partial charge on any atom is 0.193 e. The molecule has 25 heavy (non-hydrogen) atoms. The van der Waals surface area contributed by atoms with E-state index in [9.17, 15) is 0 Å². The van der Waals surface area contributed by atoms with Crippen molar-refractivity contribution in [2.24, 2.45) is 4.99 Å². The lowest BCUT2D eigenvalue weighted by Gasteiger charge is -2.39. The van der Waals surface area contributed by atoms with Crippen molar-refractivity contribution < 1.29 is 4.74 Å². The third-order valence-corrected chi connectivity index (χ3v) is 5.18. The molecule has 0 aliphatic carbocycles. The van der Waals surface area contributed by atoms with Gasteiger partial charge in [0.2, 0.25) is 0 Å². The Kier molecular flexibility index (Phi) is 7.79. The van der Waals surface area contributed by atoms with Crippen molar-refractivity contribution in [3.05, 3.63) is 47.5 Å². The second-order valence-electron chi connectivity index (χ2n) is 6.66. The molecule has 0 saturated carbocycles. The molecule has 4 nitrogen and oxygen atoms in total. The van der Waals surface area contributed by atoms with Crippen molar-refractivity contribution in [2.45, 2.75) is 31.1 Å². The van der Waals surface area contributed by atoms with E-state index in [1.54, 1.807) is 0 Å². The first-order valence-electron chi connectivity index (χ1n) is 8.98. The molecule has 0 bridgehead atoms. The Bertz CT molecular complexity index is 582. The Morgan fingerprint density at radius 3 is 2.84 bits per heavy atom. The van der Waals surface area contributed by atoms with Crippen LogP contribution in [0.3, 0.4) is 0 Å². The van der Waals surface area contributed by atoms with Crippen LogP contribution in [0.4, 0.5) is 0 Å². The van der Waals surface area contributed by atoms with Crippen molar-refractivity contribution in [1.29, 1.82) is 0 Å². The monoisotopic (exact) mass is 363 g/mol. The fraction of sp³-hybridized carbons (Fsp3) is 0.550. The first kappa shape index (κ1) is 19.8. The molecule has 5 heteroatoms. The third kappa shape index (κ3) is 5.48. The Labute approximate surface area is 156 Å². The lowest BCUT2D eigenvalue weighted by atomic mass is 9.74. The molecule has 1 saturated heterocycles. The smallest absolute Gasteiger partial charge is 0.193 e. The number of unbranched alkanes of at least 4 members (excludes halogenated alkanes) is 1. The highest BCUT2D eigenvalue weighted by Crippen LogP contribution is 2.35. The second-order valence-corrected chi connectivity index (χ2v) is 7.09. The quantitative estimate of drug-likeness (QED) is 0.346. The van der Waals surface area contributed by atoms with Crippen LogP contribution in [0, 0.1) is 0 Å². The lowest BCUT2D eigenvalue weighted by Crippen LogP contribution is -2.48. The summed E-state index contributed by atoms with van der Waals surface area (Å²) in [7, 11) is 3.91. The van der Waals surface area contributed by atoms with E-state index in [2.05, 4.69) is 41.0 Å². The summed E-state index contributed by atoms with van der Waals surface area (Å²) >= 11 is 6.25. The number of rotatable bonds is 7. The van der Waals surface area contributed by atoms with Gasteiger partial charge in [0.15, 0.2) is 5.96 Å². The SMILES string of the molecule is C=CCCCN(C)C(=NC)NCC1(c2cccc(Cl)c2)CCOCC1. The number of ether oxygens (including phenoxy) is 1. The van der Waals surface area contributed by atoms with E-state index in [0.717, 1.165) is 63.0 Å². The van der Waals surface area contributed by atoms with Gasteiger partial charge < -0.3 is 15.0 Å². The summed E-state index contributed by atoms with van der Waals surface area (Å²) in [6.07, 6.45) is 6.02. The molecule has 2 rings (SSSR count). The maximum absolute atomic E-state index is 6.25. The van der Waals surface area contributed by atoms with Gasteiger partial charge >= 0.3 is 0 Å². The van der Waals surface area contributed by atoms with Gasteiger partial charge in [-0.1, -0.05) is 29.8 Å². The van der Waals surface area contributed by atoms with Gasteiger partial charge in [0.1, 0.15) is 0 Å². The Morgan fingerprint density at radius 1 is 1.44 bits per heavy atom. The molecule has 138 valence electrons. The molecule has 1 aromatic rings. The van der Waals surface area contributed by atoms with Crippen LogP contribution in [-0.2, 0) is 10.2 Å². The van der Waals surface area contributed by atoms with Crippen LogP contribution in [0.15, 0.2) is 41.9 Å². The van der Waals surface area contributed by atoms with Crippen molar-refractivity contribution in [2.75, 3.05) is 40.4 Å². The van der Waals surface area contributed by atoms with E-state index in [0.29, 0.717) is 0 Å². The first-order valence-corrected chi connectivity index (χ1v) is 9.35. The van der Waals surface area contributed by atoms with Crippen molar-refractivity contribution in [3.8, 4) is 0 Å². The van der Waals surface area contributed by atoms with Crippen LogP contribution in [0.2, 0.25) is 5.02 Å². The van der Waals surface area contributed by atoms with E-state index in [1.807, 2.05) is 25.3 Å². The zero-order valence-electron chi connectivity index (χ0n) is 15.4. The van der Waals surface area contributed by atoms with Crippen molar-refractivity contribution in [1.82, 2.24) is 10.2 Å². The van der Waals surface area contributed by atoms with Crippen LogP contribution in [-0.4, -0.2) is 51.3 Å². The summed E-state index contributed by atoms with van der Waals surface area (Å²) in [5.74, 6) is 0.928. The number of allylic oxidation sites excluding steroid dienone is 1. The van der Waals surface area contributed by atoms with Gasteiger partial charge in [0.05, 0.1) is 0 Å². The number of hydrogen-bond donors (Lipinski definition) is 1. The van der Waals surface area contributed by atoms with Gasteiger partial charge in [-0.3, -0.25) is 4.99 Å². The molecule has 1 aliphatic rings. The molecular weight excluding hydrogens is 334 g/mol. The highest BCUT2D eigenvalue weighted by Gasteiger charge is 2.35. The fourth-order valence-electron chi connectivity index (χ4n) is 3.36. The summed E-state index contributed by atoms with van der Waals surface area (Å²) < 4.78 is 5.61. The van der Waals surface area contributed by atoms with Crippen LogP contribution in [0.25, 0.3) is 0 Å². The number of nitrogens with zero attached hydrogens (tertiary/aromatic N) is 2. The standard InChI is InChI=1S/C20H30ClN3O/c1-4-5-6-12-24(3)19(22-2)23-16-20(10-13-25-14-11-20)17-8-7-9-18(21)15-17/h4,7-9,15H,1,5-6,10-14,16H2,2-3H3,(H,22,23). The fourth-order valence-corrected chi connectivity index (χ4v) is 3.55. The van der Waals surface area contributed by atoms with Gasteiger partial charge in [0, 0.05) is 50.8 Å². The Balaban J connectivity index is 2.08. The minimum atomic E-state index is 0.0288. The molecule has 0 atom stereocenters. The van der Waals surface area contributed by atoms with E-state index in [4.69, 9.17) is 16.3 Å². The Morgan fingerprint density at radius 2 is 2.20 bits per heavy atom. The van der Waals surface area contributed by atoms with Crippen LogP contribution < -0.4 is 5.32 Å². The van der Waals surface area contributed by atoms with E-state index < -0.39 is 0 Å².